The van der Waals surface area contributed by atoms with Crippen LogP contribution in [0.2, 0.25) is 0 Å². The standard InChI is InChI=1S/C18H35N3O4S/c1-15(2)17(22)20-7-4-9-24-11-12-25-10-5-8-21-18(23)16(3)14-26-13-6-19/h16H,1,4-14,19H2,2-3H3,(H,20,22)(H,21,23). The second-order valence-electron chi connectivity index (χ2n) is 6.02. The van der Waals surface area contributed by atoms with Crippen molar-refractivity contribution in [1.82, 2.24) is 10.6 Å². The highest BCUT2D eigenvalue weighted by Gasteiger charge is 2.11. The third-order valence-corrected chi connectivity index (χ3v) is 4.61. The molecule has 1 atom stereocenters. The molecule has 0 bridgehead atoms. The maximum atomic E-state index is 11.8. The van der Waals surface area contributed by atoms with E-state index in [4.69, 9.17) is 15.2 Å². The van der Waals surface area contributed by atoms with E-state index in [9.17, 15) is 9.59 Å². The first-order chi connectivity index (χ1) is 12.5. The number of hydrogen-bond donors (Lipinski definition) is 3. The van der Waals surface area contributed by atoms with Crippen LogP contribution in [0.5, 0.6) is 0 Å². The summed E-state index contributed by atoms with van der Waals surface area (Å²) in [4.78, 5) is 23.1. The summed E-state index contributed by atoms with van der Waals surface area (Å²) in [6.07, 6.45) is 1.54. The lowest BCUT2D eigenvalue weighted by molar-refractivity contribution is -0.123. The Balaban J connectivity index is 3.32. The van der Waals surface area contributed by atoms with Crippen molar-refractivity contribution in [2.24, 2.45) is 11.7 Å². The van der Waals surface area contributed by atoms with Crippen molar-refractivity contribution in [3.05, 3.63) is 12.2 Å². The van der Waals surface area contributed by atoms with Crippen LogP contribution in [0.3, 0.4) is 0 Å². The fourth-order valence-corrected chi connectivity index (χ4v) is 2.67. The van der Waals surface area contributed by atoms with E-state index in [1.165, 1.54) is 0 Å². The lowest BCUT2D eigenvalue weighted by Crippen LogP contribution is -2.31. The van der Waals surface area contributed by atoms with Gasteiger partial charge in [-0.15, -0.1) is 0 Å². The Bertz CT molecular complexity index is 408. The van der Waals surface area contributed by atoms with Crippen LogP contribution in [0, 0.1) is 5.92 Å². The average molecular weight is 390 g/mol. The maximum Gasteiger partial charge on any atom is 0.246 e. The van der Waals surface area contributed by atoms with E-state index in [0.717, 1.165) is 24.3 Å². The number of nitrogens with one attached hydrogen (secondary N) is 2. The van der Waals surface area contributed by atoms with E-state index in [0.29, 0.717) is 51.6 Å². The van der Waals surface area contributed by atoms with Crippen LogP contribution in [-0.4, -0.2) is 69.4 Å². The molecule has 8 heteroatoms. The molecular weight excluding hydrogens is 354 g/mol. The molecule has 1 unspecified atom stereocenters. The number of thioether (sulfide) groups is 1. The molecule has 0 aromatic heterocycles. The summed E-state index contributed by atoms with van der Waals surface area (Å²) in [5.41, 5.74) is 5.94. The number of carbonyl (C=O) groups excluding carboxylic acids is 2. The minimum absolute atomic E-state index is 0.000969. The molecule has 0 aliphatic rings. The zero-order valence-corrected chi connectivity index (χ0v) is 17.0. The minimum atomic E-state index is -0.121. The van der Waals surface area contributed by atoms with Crippen molar-refractivity contribution in [3.63, 3.8) is 0 Å². The monoisotopic (exact) mass is 389 g/mol. The van der Waals surface area contributed by atoms with Crippen LogP contribution in [0.1, 0.15) is 26.7 Å². The molecule has 4 N–H and O–H groups in total. The number of carbonyl (C=O) groups is 2. The normalized spacial score (nSPS) is 11.8. The van der Waals surface area contributed by atoms with E-state index in [-0.39, 0.29) is 17.7 Å². The Morgan fingerprint density at radius 3 is 2.19 bits per heavy atom. The van der Waals surface area contributed by atoms with Crippen molar-refractivity contribution in [2.45, 2.75) is 26.7 Å². The first kappa shape index (κ1) is 24.9. The molecule has 0 saturated heterocycles. The van der Waals surface area contributed by atoms with Crippen molar-refractivity contribution >= 4 is 23.6 Å². The topological polar surface area (TPSA) is 103 Å². The molecule has 0 fully saturated rings. The highest BCUT2D eigenvalue weighted by molar-refractivity contribution is 7.99. The molecule has 0 heterocycles. The fraction of sp³-hybridized carbons (Fsp3) is 0.778. The van der Waals surface area contributed by atoms with Gasteiger partial charge in [-0.1, -0.05) is 13.5 Å². The SMILES string of the molecule is C=C(C)C(=O)NCCCOCCOCCCNC(=O)C(C)CSCCN. The van der Waals surface area contributed by atoms with Crippen molar-refractivity contribution in [2.75, 3.05) is 57.6 Å². The van der Waals surface area contributed by atoms with E-state index >= 15 is 0 Å². The second-order valence-corrected chi connectivity index (χ2v) is 7.17. The molecule has 0 saturated carbocycles. The summed E-state index contributed by atoms with van der Waals surface area (Å²) >= 11 is 1.70. The van der Waals surface area contributed by atoms with Crippen molar-refractivity contribution in [3.8, 4) is 0 Å². The minimum Gasteiger partial charge on any atom is -0.379 e. The molecule has 0 aliphatic heterocycles. The molecule has 0 spiro atoms. The molecule has 152 valence electrons. The highest BCUT2D eigenvalue weighted by atomic mass is 32.2. The number of amides is 2. The molecule has 2 amide bonds. The zero-order valence-electron chi connectivity index (χ0n) is 16.2. The number of rotatable bonds is 17. The maximum absolute atomic E-state index is 11.8. The Morgan fingerprint density at radius 1 is 1.08 bits per heavy atom. The Morgan fingerprint density at radius 2 is 1.65 bits per heavy atom. The van der Waals surface area contributed by atoms with Gasteiger partial charge >= 0.3 is 0 Å². The van der Waals surface area contributed by atoms with Crippen LogP contribution < -0.4 is 16.4 Å². The Labute approximate surface area is 161 Å². The third-order valence-electron chi connectivity index (χ3n) is 3.35. The van der Waals surface area contributed by atoms with Crippen molar-refractivity contribution in [1.29, 1.82) is 0 Å². The van der Waals surface area contributed by atoms with E-state index in [1.807, 2.05) is 6.92 Å². The van der Waals surface area contributed by atoms with Gasteiger partial charge in [0.1, 0.15) is 0 Å². The molecule has 0 aliphatic carbocycles. The van der Waals surface area contributed by atoms with Crippen molar-refractivity contribution < 1.29 is 19.1 Å². The smallest absolute Gasteiger partial charge is 0.246 e. The molecule has 7 nitrogen and oxygen atoms in total. The first-order valence-electron chi connectivity index (χ1n) is 9.13. The Kier molecular flexibility index (Phi) is 16.6. The number of hydrogen-bond acceptors (Lipinski definition) is 6. The van der Waals surface area contributed by atoms with Gasteiger partial charge in [-0.25, -0.2) is 0 Å². The summed E-state index contributed by atoms with van der Waals surface area (Å²) in [5, 5.41) is 5.66. The average Bonchev–Trinajstić information content (AvgIpc) is 2.62. The number of nitrogens with two attached hydrogens (primary N) is 1. The van der Waals surface area contributed by atoms with Gasteiger partial charge in [0.25, 0.3) is 0 Å². The van der Waals surface area contributed by atoms with Gasteiger partial charge in [0, 0.05) is 55.8 Å². The lowest BCUT2D eigenvalue weighted by atomic mass is 10.2. The molecular formula is C18H35N3O4S. The van der Waals surface area contributed by atoms with Crippen LogP contribution in [-0.2, 0) is 19.1 Å². The summed E-state index contributed by atoms with van der Waals surface area (Å²) in [5.74, 6) is 1.64. The third kappa shape index (κ3) is 15.2. The lowest BCUT2D eigenvalue weighted by Gasteiger charge is -2.12. The van der Waals surface area contributed by atoms with Crippen LogP contribution in [0.4, 0.5) is 0 Å². The van der Waals surface area contributed by atoms with Gasteiger partial charge in [0.2, 0.25) is 11.8 Å². The predicted octanol–water partition coefficient (Wildman–Crippen LogP) is 0.936. The van der Waals surface area contributed by atoms with Gasteiger partial charge in [-0.3, -0.25) is 9.59 Å². The Hall–Kier alpha value is -1.09. The van der Waals surface area contributed by atoms with Crippen LogP contribution in [0.25, 0.3) is 0 Å². The van der Waals surface area contributed by atoms with Gasteiger partial charge in [-0.05, 0) is 19.8 Å². The summed E-state index contributed by atoms with van der Waals surface area (Å²) in [6, 6.07) is 0. The summed E-state index contributed by atoms with van der Waals surface area (Å²) in [6.45, 7) is 11.2. The van der Waals surface area contributed by atoms with Gasteiger partial charge < -0.3 is 25.8 Å². The second kappa shape index (κ2) is 17.3. The summed E-state index contributed by atoms with van der Waals surface area (Å²) < 4.78 is 10.9. The summed E-state index contributed by atoms with van der Waals surface area (Å²) in [7, 11) is 0. The first-order valence-corrected chi connectivity index (χ1v) is 10.3. The van der Waals surface area contributed by atoms with Gasteiger partial charge in [0.15, 0.2) is 0 Å². The number of ether oxygens (including phenoxy) is 2. The van der Waals surface area contributed by atoms with Gasteiger partial charge in [0.05, 0.1) is 13.2 Å². The van der Waals surface area contributed by atoms with E-state index in [1.54, 1.807) is 18.7 Å². The molecule has 0 aromatic rings. The fourth-order valence-electron chi connectivity index (χ4n) is 1.83. The van der Waals surface area contributed by atoms with Gasteiger partial charge in [-0.2, -0.15) is 11.8 Å². The van der Waals surface area contributed by atoms with Crippen LogP contribution >= 0.6 is 11.8 Å². The van der Waals surface area contributed by atoms with E-state index < -0.39 is 0 Å². The molecule has 0 rings (SSSR count). The molecule has 26 heavy (non-hydrogen) atoms. The largest absolute Gasteiger partial charge is 0.379 e. The van der Waals surface area contributed by atoms with E-state index in [2.05, 4.69) is 17.2 Å². The molecule has 0 radical (unpaired) electrons. The zero-order chi connectivity index (χ0) is 19.6. The predicted molar refractivity (Wildman–Crippen MR) is 107 cm³/mol. The van der Waals surface area contributed by atoms with Crippen LogP contribution in [0.15, 0.2) is 12.2 Å². The highest BCUT2D eigenvalue weighted by Crippen LogP contribution is 2.07. The quantitative estimate of drug-likeness (QED) is 0.253. The molecule has 0 aromatic carbocycles.